The minimum atomic E-state index is -0.286. The molecule has 0 saturated carbocycles. The molecule has 3 aromatic heterocycles. The molecule has 1 amide bonds. The van der Waals surface area contributed by atoms with Crippen molar-refractivity contribution in [2.24, 2.45) is 0 Å². The number of amides is 1. The zero-order valence-electron chi connectivity index (χ0n) is 11.4. The average molecular weight is 300 g/mol. The number of hydrogen-bond donors (Lipinski definition) is 2. The van der Waals surface area contributed by atoms with Gasteiger partial charge in [0.2, 0.25) is 0 Å². The van der Waals surface area contributed by atoms with E-state index in [1.165, 1.54) is 11.3 Å². The second-order valence-corrected chi connectivity index (χ2v) is 5.56. The predicted molar refractivity (Wildman–Crippen MR) is 81.9 cm³/mol. The third kappa shape index (κ3) is 2.43. The standard InChI is InChI=1S/C14H12N4O2S/c1-7-10-12(19)16-8(2)17-14(10)21-11(7)13(20)18-9-5-3-4-6-15-9/h3-6H,1-2H3,(H,15,18,20)(H,16,17,19). The van der Waals surface area contributed by atoms with Crippen LogP contribution in [0.15, 0.2) is 29.2 Å². The van der Waals surface area contributed by atoms with Crippen molar-refractivity contribution in [2.75, 3.05) is 5.32 Å². The van der Waals surface area contributed by atoms with Gasteiger partial charge >= 0.3 is 0 Å². The van der Waals surface area contributed by atoms with Gasteiger partial charge in [0.05, 0.1) is 10.3 Å². The normalized spacial score (nSPS) is 10.8. The molecule has 0 aliphatic heterocycles. The maximum absolute atomic E-state index is 12.3. The number of aromatic amines is 1. The van der Waals surface area contributed by atoms with Crippen LogP contribution in [0.25, 0.3) is 10.2 Å². The van der Waals surface area contributed by atoms with Gasteiger partial charge < -0.3 is 10.3 Å². The summed E-state index contributed by atoms with van der Waals surface area (Å²) in [5, 5.41) is 3.18. The Morgan fingerprint density at radius 1 is 1.33 bits per heavy atom. The monoisotopic (exact) mass is 300 g/mol. The zero-order chi connectivity index (χ0) is 15.0. The number of carbonyl (C=O) groups excluding carboxylic acids is 1. The number of anilines is 1. The van der Waals surface area contributed by atoms with Gasteiger partial charge in [-0.25, -0.2) is 9.97 Å². The van der Waals surface area contributed by atoms with E-state index in [0.29, 0.717) is 32.3 Å². The lowest BCUT2D eigenvalue weighted by Gasteiger charge is -2.02. The average Bonchev–Trinajstić information content (AvgIpc) is 2.77. The first-order valence-electron chi connectivity index (χ1n) is 6.28. The Kier molecular flexibility index (Phi) is 3.26. The summed E-state index contributed by atoms with van der Waals surface area (Å²) in [5.41, 5.74) is 0.417. The third-order valence-corrected chi connectivity index (χ3v) is 4.22. The topological polar surface area (TPSA) is 87.7 Å². The molecule has 21 heavy (non-hydrogen) atoms. The van der Waals surface area contributed by atoms with Crippen LogP contribution in [0.2, 0.25) is 0 Å². The van der Waals surface area contributed by atoms with Crippen LogP contribution in [0.5, 0.6) is 0 Å². The molecule has 3 rings (SSSR count). The van der Waals surface area contributed by atoms with Gasteiger partial charge in [0.25, 0.3) is 11.5 Å². The number of aryl methyl sites for hydroxylation is 2. The number of fused-ring (bicyclic) bond motifs is 1. The number of hydrogen-bond acceptors (Lipinski definition) is 5. The van der Waals surface area contributed by atoms with Crippen molar-refractivity contribution in [1.29, 1.82) is 0 Å². The van der Waals surface area contributed by atoms with Crippen molar-refractivity contribution in [2.45, 2.75) is 13.8 Å². The molecule has 0 aromatic carbocycles. The molecular weight excluding hydrogens is 288 g/mol. The number of thiophene rings is 1. The van der Waals surface area contributed by atoms with Crippen molar-refractivity contribution in [3.05, 3.63) is 51.0 Å². The van der Waals surface area contributed by atoms with Crippen molar-refractivity contribution >= 4 is 33.3 Å². The molecule has 6 nitrogen and oxygen atoms in total. The van der Waals surface area contributed by atoms with Gasteiger partial charge in [-0.15, -0.1) is 11.3 Å². The van der Waals surface area contributed by atoms with E-state index in [1.807, 2.05) is 0 Å². The minimum Gasteiger partial charge on any atom is -0.310 e. The van der Waals surface area contributed by atoms with Crippen molar-refractivity contribution in [3.8, 4) is 0 Å². The van der Waals surface area contributed by atoms with Crippen LogP contribution in [-0.2, 0) is 0 Å². The Morgan fingerprint density at radius 2 is 2.14 bits per heavy atom. The molecule has 0 radical (unpaired) electrons. The fourth-order valence-electron chi connectivity index (χ4n) is 2.08. The van der Waals surface area contributed by atoms with Crippen LogP contribution in [0.1, 0.15) is 21.1 Å². The number of aromatic nitrogens is 3. The molecule has 0 unspecified atom stereocenters. The van der Waals surface area contributed by atoms with E-state index < -0.39 is 0 Å². The van der Waals surface area contributed by atoms with Gasteiger partial charge in [-0.1, -0.05) is 6.07 Å². The Morgan fingerprint density at radius 3 is 2.86 bits per heavy atom. The van der Waals surface area contributed by atoms with Gasteiger partial charge in [-0.3, -0.25) is 9.59 Å². The summed E-state index contributed by atoms with van der Waals surface area (Å²) in [7, 11) is 0. The molecule has 0 bridgehead atoms. The van der Waals surface area contributed by atoms with Gasteiger partial charge in [0.1, 0.15) is 16.5 Å². The highest BCUT2D eigenvalue weighted by Gasteiger charge is 2.19. The molecule has 0 aliphatic carbocycles. The van der Waals surface area contributed by atoms with Gasteiger partial charge in [0, 0.05) is 6.20 Å². The second-order valence-electron chi connectivity index (χ2n) is 4.56. The molecule has 3 aromatic rings. The van der Waals surface area contributed by atoms with Crippen LogP contribution < -0.4 is 10.9 Å². The van der Waals surface area contributed by atoms with Crippen LogP contribution in [0.4, 0.5) is 5.82 Å². The fraction of sp³-hybridized carbons (Fsp3) is 0.143. The van der Waals surface area contributed by atoms with E-state index in [4.69, 9.17) is 0 Å². The molecule has 0 saturated heterocycles. The Hall–Kier alpha value is -2.54. The number of carbonyl (C=O) groups is 1. The van der Waals surface area contributed by atoms with E-state index in [9.17, 15) is 9.59 Å². The quantitative estimate of drug-likeness (QED) is 0.760. The van der Waals surface area contributed by atoms with E-state index in [-0.39, 0.29) is 11.5 Å². The number of nitrogens with zero attached hydrogens (tertiary/aromatic N) is 2. The number of rotatable bonds is 2. The maximum Gasteiger partial charge on any atom is 0.267 e. The van der Waals surface area contributed by atoms with Gasteiger partial charge in [-0.2, -0.15) is 0 Å². The summed E-state index contributed by atoms with van der Waals surface area (Å²) < 4.78 is 0. The van der Waals surface area contributed by atoms with E-state index in [2.05, 4.69) is 20.3 Å². The fourth-order valence-corrected chi connectivity index (χ4v) is 3.20. The van der Waals surface area contributed by atoms with Crippen molar-refractivity contribution in [3.63, 3.8) is 0 Å². The Balaban J connectivity index is 2.05. The molecule has 3 heterocycles. The zero-order valence-corrected chi connectivity index (χ0v) is 12.2. The van der Waals surface area contributed by atoms with E-state index in [1.54, 1.807) is 38.2 Å². The Labute approximate surface area is 123 Å². The molecule has 0 spiro atoms. The first-order chi connectivity index (χ1) is 10.1. The smallest absolute Gasteiger partial charge is 0.267 e. The lowest BCUT2D eigenvalue weighted by molar-refractivity contribution is 0.102. The van der Waals surface area contributed by atoms with Crippen LogP contribution >= 0.6 is 11.3 Å². The second kappa shape index (κ2) is 5.10. The first-order valence-corrected chi connectivity index (χ1v) is 7.10. The van der Waals surface area contributed by atoms with Crippen LogP contribution in [-0.4, -0.2) is 20.9 Å². The summed E-state index contributed by atoms with van der Waals surface area (Å²) in [6.07, 6.45) is 1.60. The number of H-pyrrole nitrogens is 1. The molecule has 0 atom stereocenters. The molecule has 0 fully saturated rings. The van der Waals surface area contributed by atoms with Crippen molar-refractivity contribution < 1.29 is 4.79 Å². The molecule has 7 heteroatoms. The summed E-state index contributed by atoms with van der Waals surface area (Å²) >= 11 is 1.21. The number of pyridine rings is 1. The summed E-state index contributed by atoms with van der Waals surface area (Å²) in [6.45, 7) is 3.46. The molecule has 2 N–H and O–H groups in total. The summed E-state index contributed by atoms with van der Waals surface area (Å²) in [4.78, 5) is 36.3. The highest BCUT2D eigenvalue weighted by Crippen LogP contribution is 2.27. The van der Waals surface area contributed by atoms with E-state index in [0.717, 1.165) is 0 Å². The van der Waals surface area contributed by atoms with Gasteiger partial charge in [-0.05, 0) is 31.5 Å². The summed E-state index contributed by atoms with van der Waals surface area (Å²) in [5.74, 6) is 0.717. The molecule has 106 valence electrons. The van der Waals surface area contributed by atoms with E-state index >= 15 is 0 Å². The molecule has 0 aliphatic rings. The SMILES string of the molecule is Cc1nc2sc(C(=O)Nc3ccccn3)c(C)c2c(=O)[nH]1. The lowest BCUT2D eigenvalue weighted by atomic mass is 10.2. The number of nitrogens with one attached hydrogen (secondary N) is 2. The van der Waals surface area contributed by atoms with Crippen LogP contribution in [0.3, 0.4) is 0 Å². The Bertz CT molecular complexity index is 883. The highest BCUT2D eigenvalue weighted by molar-refractivity contribution is 7.20. The van der Waals surface area contributed by atoms with Gasteiger partial charge in [0.15, 0.2) is 0 Å². The highest BCUT2D eigenvalue weighted by atomic mass is 32.1. The van der Waals surface area contributed by atoms with Crippen LogP contribution in [0, 0.1) is 13.8 Å². The summed E-state index contributed by atoms with van der Waals surface area (Å²) in [6, 6.07) is 5.26. The van der Waals surface area contributed by atoms with Crippen molar-refractivity contribution in [1.82, 2.24) is 15.0 Å². The third-order valence-electron chi connectivity index (χ3n) is 3.03. The predicted octanol–water partition coefficient (Wildman–Crippen LogP) is 2.25. The minimum absolute atomic E-state index is 0.219. The largest absolute Gasteiger partial charge is 0.310 e. The first kappa shape index (κ1) is 13.4. The molecular formula is C14H12N4O2S. The lowest BCUT2D eigenvalue weighted by Crippen LogP contribution is -2.13. The maximum atomic E-state index is 12.3.